The Balaban J connectivity index is 1.93. The summed E-state index contributed by atoms with van der Waals surface area (Å²) in [6.45, 7) is 0.588. The van der Waals surface area contributed by atoms with Crippen molar-refractivity contribution in [1.82, 2.24) is 0 Å². The predicted molar refractivity (Wildman–Crippen MR) is 93.4 cm³/mol. The number of benzene rings is 3. The van der Waals surface area contributed by atoms with Crippen LogP contribution in [0.3, 0.4) is 0 Å². The zero-order valence-electron chi connectivity index (χ0n) is 12.7. The molecule has 0 aliphatic rings. The van der Waals surface area contributed by atoms with Crippen LogP contribution < -0.4 is 0 Å². The van der Waals surface area contributed by atoms with Gasteiger partial charge in [-0.15, -0.1) is 0 Å². The molecule has 2 heteroatoms. The first-order valence-corrected chi connectivity index (χ1v) is 7.51. The van der Waals surface area contributed by atoms with E-state index >= 15 is 0 Å². The van der Waals surface area contributed by atoms with Gasteiger partial charge in [0.15, 0.2) is 0 Å². The fraction of sp³-hybridized carbons (Fsp3) is 0.0476. The highest BCUT2D eigenvalue weighted by Crippen LogP contribution is 2.13. The molecule has 2 nitrogen and oxygen atoms in total. The Kier molecular flexibility index (Phi) is 4.61. The third-order valence-corrected chi connectivity index (χ3v) is 3.60. The van der Waals surface area contributed by atoms with Gasteiger partial charge >= 0.3 is 0 Å². The van der Waals surface area contributed by atoms with Gasteiger partial charge < -0.3 is 0 Å². The Morgan fingerprint density at radius 1 is 0.739 bits per heavy atom. The van der Waals surface area contributed by atoms with Gasteiger partial charge in [-0.25, -0.2) is 0 Å². The first kappa shape index (κ1) is 14.7. The van der Waals surface area contributed by atoms with E-state index in [0.29, 0.717) is 12.1 Å². The van der Waals surface area contributed by atoms with E-state index in [9.17, 15) is 0 Å². The summed E-state index contributed by atoms with van der Waals surface area (Å²) in [5.41, 5.74) is 4.95. The van der Waals surface area contributed by atoms with E-state index in [-0.39, 0.29) is 0 Å². The number of aliphatic imine (C=N–C) groups is 1. The molecule has 0 amide bonds. The average molecular weight is 296 g/mol. The maximum atomic E-state index is 8.87. The summed E-state index contributed by atoms with van der Waals surface area (Å²) in [6, 6.07) is 30.1. The molecule has 0 bridgehead atoms. The third-order valence-electron chi connectivity index (χ3n) is 3.60. The average Bonchev–Trinajstić information content (AvgIpc) is 2.64. The van der Waals surface area contributed by atoms with Crippen molar-refractivity contribution in [2.24, 2.45) is 4.99 Å². The topological polar surface area (TPSA) is 36.1 Å². The second kappa shape index (κ2) is 7.20. The number of rotatable bonds is 4. The fourth-order valence-electron chi connectivity index (χ4n) is 2.40. The van der Waals surface area contributed by atoms with E-state index in [1.807, 2.05) is 60.7 Å². The number of hydrogen-bond acceptors (Lipinski definition) is 2. The Morgan fingerprint density at radius 3 is 1.74 bits per heavy atom. The van der Waals surface area contributed by atoms with Gasteiger partial charge in [0.2, 0.25) is 0 Å². The standard InChI is InChI=1S/C21H16N2/c22-15-17-11-13-18(14-12-17)16-23-21(19-7-3-1-4-8-19)20-9-5-2-6-10-20/h1-14H,16H2. The number of hydrogen-bond donors (Lipinski definition) is 0. The molecule has 0 N–H and O–H groups in total. The lowest BCUT2D eigenvalue weighted by atomic mass is 10.0. The van der Waals surface area contributed by atoms with Crippen LogP contribution in [0.2, 0.25) is 0 Å². The van der Waals surface area contributed by atoms with E-state index in [1.54, 1.807) is 0 Å². The summed E-state index contributed by atoms with van der Waals surface area (Å²) >= 11 is 0. The molecule has 0 saturated carbocycles. The van der Waals surface area contributed by atoms with E-state index in [0.717, 1.165) is 22.4 Å². The minimum absolute atomic E-state index is 0.588. The van der Waals surface area contributed by atoms with Gasteiger partial charge in [0.05, 0.1) is 23.9 Å². The van der Waals surface area contributed by atoms with Crippen molar-refractivity contribution in [1.29, 1.82) is 5.26 Å². The van der Waals surface area contributed by atoms with Crippen LogP contribution in [-0.4, -0.2) is 5.71 Å². The minimum atomic E-state index is 0.588. The van der Waals surface area contributed by atoms with Crippen LogP contribution in [0.5, 0.6) is 0 Å². The Hall–Kier alpha value is -3.18. The molecule has 0 heterocycles. The molecule has 0 atom stereocenters. The van der Waals surface area contributed by atoms with Gasteiger partial charge in [0.1, 0.15) is 0 Å². The van der Waals surface area contributed by atoms with E-state index in [1.165, 1.54) is 0 Å². The smallest absolute Gasteiger partial charge is 0.0991 e. The fourth-order valence-corrected chi connectivity index (χ4v) is 2.40. The van der Waals surface area contributed by atoms with E-state index in [2.05, 4.69) is 30.3 Å². The molecule has 3 aromatic rings. The molecule has 3 rings (SSSR count). The van der Waals surface area contributed by atoms with Gasteiger partial charge in [-0.2, -0.15) is 5.26 Å². The van der Waals surface area contributed by atoms with Gasteiger partial charge in [-0.05, 0) is 17.7 Å². The largest absolute Gasteiger partial charge is 0.279 e. The van der Waals surface area contributed by atoms with E-state index in [4.69, 9.17) is 10.3 Å². The zero-order chi connectivity index (χ0) is 15.9. The maximum Gasteiger partial charge on any atom is 0.0991 e. The summed E-state index contributed by atoms with van der Waals surface area (Å²) in [5.74, 6) is 0. The van der Waals surface area contributed by atoms with Crippen LogP contribution >= 0.6 is 0 Å². The van der Waals surface area contributed by atoms with Crippen molar-refractivity contribution in [3.05, 3.63) is 107 Å². The molecule has 0 radical (unpaired) electrons. The van der Waals surface area contributed by atoms with Gasteiger partial charge in [-0.1, -0.05) is 72.8 Å². The normalized spacial score (nSPS) is 9.87. The predicted octanol–water partition coefficient (Wildman–Crippen LogP) is 4.60. The molecule has 23 heavy (non-hydrogen) atoms. The Bertz CT molecular complexity index is 785. The van der Waals surface area contributed by atoms with Crippen molar-refractivity contribution in [2.45, 2.75) is 6.54 Å². The van der Waals surface area contributed by atoms with Crippen LogP contribution in [0.1, 0.15) is 22.3 Å². The highest BCUT2D eigenvalue weighted by atomic mass is 14.7. The second-order valence-corrected chi connectivity index (χ2v) is 5.21. The van der Waals surface area contributed by atoms with Crippen LogP contribution in [0, 0.1) is 11.3 Å². The van der Waals surface area contributed by atoms with Crippen molar-refractivity contribution >= 4 is 5.71 Å². The molecular formula is C21H16N2. The molecule has 0 spiro atoms. The van der Waals surface area contributed by atoms with Crippen LogP contribution in [0.4, 0.5) is 0 Å². The molecule has 0 unspecified atom stereocenters. The third kappa shape index (κ3) is 3.72. The van der Waals surface area contributed by atoms with Crippen molar-refractivity contribution in [3.63, 3.8) is 0 Å². The molecule has 0 fully saturated rings. The summed E-state index contributed by atoms with van der Waals surface area (Å²) in [4.78, 5) is 4.82. The summed E-state index contributed by atoms with van der Waals surface area (Å²) in [6.07, 6.45) is 0. The van der Waals surface area contributed by atoms with Crippen LogP contribution in [0.25, 0.3) is 0 Å². The Labute approximate surface area is 136 Å². The lowest BCUT2D eigenvalue weighted by Crippen LogP contribution is -2.03. The molecular weight excluding hydrogens is 280 g/mol. The monoisotopic (exact) mass is 296 g/mol. The first-order valence-electron chi connectivity index (χ1n) is 7.51. The quantitative estimate of drug-likeness (QED) is 0.648. The maximum absolute atomic E-state index is 8.87. The molecule has 0 aliphatic heterocycles. The lowest BCUT2D eigenvalue weighted by molar-refractivity contribution is 1.07. The lowest BCUT2D eigenvalue weighted by Gasteiger charge is -2.08. The molecule has 110 valence electrons. The molecule has 0 aliphatic carbocycles. The minimum Gasteiger partial charge on any atom is -0.279 e. The van der Waals surface area contributed by atoms with Gasteiger partial charge in [0.25, 0.3) is 0 Å². The highest BCUT2D eigenvalue weighted by Gasteiger charge is 2.05. The van der Waals surface area contributed by atoms with Crippen molar-refractivity contribution in [2.75, 3.05) is 0 Å². The van der Waals surface area contributed by atoms with Crippen LogP contribution in [-0.2, 0) is 6.54 Å². The molecule has 0 saturated heterocycles. The van der Waals surface area contributed by atoms with Crippen molar-refractivity contribution < 1.29 is 0 Å². The second-order valence-electron chi connectivity index (χ2n) is 5.21. The SMILES string of the molecule is N#Cc1ccc(CN=C(c2ccccc2)c2ccccc2)cc1. The van der Waals surface area contributed by atoms with Crippen molar-refractivity contribution in [3.8, 4) is 6.07 Å². The summed E-state index contributed by atoms with van der Waals surface area (Å²) < 4.78 is 0. The van der Waals surface area contributed by atoms with Gasteiger partial charge in [0, 0.05) is 11.1 Å². The molecule has 3 aromatic carbocycles. The number of nitriles is 1. The highest BCUT2D eigenvalue weighted by molar-refractivity contribution is 6.12. The van der Waals surface area contributed by atoms with E-state index < -0.39 is 0 Å². The zero-order valence-corrected chi connectivity index (χ0v) is 12.7. The summed E-state index contributed by atoms with van der Waals surface area (Å²) in [5, 5.41) is 8.87. The Morgan fingerprint density at radius 2 is 1.26 bits per heavy atom. The van der Waals surface area contributed by atoms with Gasteiger partial charge in [-0.3, -0.25) is 4.99 Å². The molecule has 0 aromatic heterocycles. The van der Waals surface area contributed by atoms with Crippen LogP contribution in [0.15, 0.2) is 89.9 Å². The first-order chi connectivity index (χ1) is 11.4. The number of nitrogens with zero attached hydrogens (tertiary/aromatic N) is 2. The summed E-state index contributed by atoms with van der Waals surface area (Å²) in [7, 11) is 0.